The van der Waals surface area contributed by atoms with E-state index in [2.05, 4.69) is 41.9 Å². The zero-order valence-corrected chi connectivity index (χ0v) is 49.4. The predicted octanol–water partition coefficient (Wildman–Crippen LogP) is 8.21. The van der Waals surface area contributed by atoms with E-state index in [0.717, 1.165) is 76.7 Å². The molecule has 444 valence electrons. The number of aliphatic hydroxyl groups is 2. The van der Waals surface area contributed by atoms with Crippen LogP contribution in [0.15, 0.2) is 65.3 Å². The lowest BCUT2D eigenvalue weighted by Gasteiger charge is -2.63. The van der Waals surface area contributed by atoms with Gasteiger partial charge in [-0.1, -0.05) is 42.2 Å². The smallest absolute Gasteiger partial charge is 0.343 e. The van der Waals surface area contributed by atoms with Crippen molar-refractivity contribution in [2.45, 2.75) is 205 Å². The third-order valence-electron chi connectivity index (χ3n) is 18.6. The highest BCUT2D eigenvalue weighted by Crippen LogP contribution is 2.70. The number of amides is 1. The number of aliphatic hydroxyl groups excluding tert-OH is 2. The number of hydrazine groups is 2. The normalized spacial score (nSPS) is 34.3. The molecule has 3 saturated carbocycles. The molecule has 7 unspecified atom stereocenters. The van der Waals surface area contributed by atoms with Crippen LogP contribution in [-0.4, -0.2) is 141 Å². The van der Waals surface area contributed by atoms with Gasteiger partial charge in [-0.05, 0) is 157 Å². The number of Topliss-reactive ketones (excluding diaryl/α,β-unsaturated/α-hetero) is 2. The molecule has 18 heteroatoms. The van der Waals surface area contributed by atoms with Gasteiger partial charge >= 0.3 is 5.97 Å². The first-order valence-electron chi connectivity index (χ1n) is 29.9. The van der Waals surface area contributed by atoms with E-state index in [9.17, 15) is 19.8 Å². The minimum atomic E-state index is -1.72. The summed E-state index contributed by atoms with van der Waals surface area (Å²) in [5.41, 5.74) is 5.47. The molecule has 4 bridgehead atoms. The van der Waals surface area contributed by atoms with Gasteiger partial charge in [0.2, 0.25) is 6.29 Å². The average Bonchev–Trinajstić information content (AvgIpc) is 1.37. The van der Waals surface area contributed by atoms with Crippen molar-refractivity contribution >= 4 is 29.5 Å². The van der Waals surface area contributed by atoms with Crippen molar-refractivity contribution in [3.05, 3.63) is 87.5 Å². The number of carbonyl (C=O) groups excluding carboxylic acids is 4. The van der Waals surface area contributed by atoms with Gasteiger partial charge in [0.25, 0.3) is 5.91 Å². The van der Waals surface area contributed by atoms with Crippen molar-refractivity contribution in [2.75, 3.05) is 32.8 Å². The van der Waals surface area contributed by atoms with Crippen LogP contribution in [0.5, 0.6) is 23.0 Å². The quantitative estimate of drug-likeness (QED) is 0.0572. The van der Waals surface area contributed by atoms with Crippen LogP contribution in [0.25, 0.3) is 6.08 Å². The summed E-state index contributed by atoms with van der Waals surface area (Å²) in [6.45, 7) is 22.3. The zero-order chi connectivity index (χ0) is 58.3. The second-order valence-corrected chi connectivity index (χ2v) is 26.0. The van der Waals surface area contributed by atoms with Crippen LogP contribution < -0.4 is 29.8 Å². The lowest BCUT2D eigenvalue weighted by Crippen LogP contribution is -2.82. The van der Waals surface area contributed by atoms with Gasteiger partial charge in [-0.25, -0.2) is 14.8 Å². The predicted molar refractivity (Wildman–Crippen MR) is 304 cm³/mol. The van der Waals surface area contributed by atoms with Crippen LogP contribution in [0.2, 0.25) is 0 Å². The number of benzene rings is 2. The number of hydrogen-bond donors (Lipinski definition) is 4. The van der Waals surface area contributed by atoms with Crippen molar-refractivity contribution in [1.82, 2.24) is 20.9 Å². The van der Waals surface area contributed by atoms with E-state index in [1.54, 1.807) is 26.8 Å². The molecule has 12 rings (SSSR count). The summed E-state index contributed by atoms with van der Waals surface area (Å²) in [5.74, 6) is -3.97. The lowest BCUT2D eigenvalue weighted by atomic mass is 9.45. The summed E-state index contributed by atoms with van der Waals surface area (Å²) in [6, 6.07) is 5.37. The van der Waals surface area contributed by atoms with Crippen LogP contribution in [-0.2, 0) is 35.0 Å². The highest BCUT2D eigenvalue weighted by atomic mass is 16.8. The molecule has 1 spiro atoms. The van der Waals surface area contributed by atoms with Gasteiger partial charge in [0, 0.05) is 61.6 Å². The fraction of sp³-hybridized carbons (Fsp3) is 0.625. The largest absolute Gasteiger partial charge is 0.482 e. The molecular formula is C64H84N4O14. The first-order valence-corrected chi connectivity index (χ1v) is 29.9. The number of nitrogens with one attached hydrogen (secondary N) is 2. The van der Waals surface area contributed by atoms with E-state index in [1.807, 2.05) is 51.8 Å². The maximum absolute atomic E-state index is 16.8. The van der Waals surface area contributed by atoms with Gasteiger partial charge in [0.15, 0.2) is 34.3 Å². The molecular weight excluding hydrogens is 1050 g/mol. The van der Waals surface area contributed by atoms with Crippen LogP contribution in [0, 0.1) is 17.8 Å². The summed E-state index contributed by atoms with van der Waals surface area (Å²) >= 11 is 0. The highest BCUT2D eigenvalue weighted by Gasteiger charge is 2.85. The van der Waals surface area contributed by atoms with Crippen LogP contribution in [0.3, 0.4) is 0 Å². The van der Waals surface area contributed by atoms with E-state index < -0.39 is 88.7 Å². The Morgan fingerprint density at radius 2 is 1.51 bits per heavy atom. The van der Waals surface area contributed by atoms with E-state index in [4.69, 9.17) is 37.9 Å². The van der Waals surface area contributed by atoms with Crippen molar-refractivity contribution in [2.24, 2.45) is 17.8 Å². The molecule has 82 heavy (non-hydrogen) atoms. The van der Waals surface area contributed by atoms with E-state index in [0.29, 0.717) is 35.3 Å². The number of carbonyl (C=O) groups is 4. The summed E-state index contributed by atoms with van der Waals surface area (Å²) in [6.07, 6.45) is 12.2. The monoisotopic (exact) mass is 1130 g/mol. The number of ether oxygens (including phenoxy) is 8. The Kier molecular flexibility index (Phi) is 15.9. The third-order valence-corrected chi connectivity index (χ3v) is 18.6. The number of nitrogens with zero attached hydrogens (tertiary/aromatic N) is 2. The van der Waals surface area contributed by atoms with Crippen molar-refractivity contribution < 1.29 is 67.3 Å². The number of hydrogen-bond acceptors (Lipinski definition) is 17. The Balaban J connectivity index is 1.02. The minimum absolute atomic E-state index is 0.0246. The van der Waals surface area contributed by atoms with Crippen LogP contribution in [0.4, 0.5) is 0 Å². The number of allylic oxidation sites excluding steroid dienone is 4. The van der Waals surface area contributed by atoms with Crippen LogP contribution in [0.1, 0.15) is 165 Å². The molecule has 2 aromatic rings. The highest BCUT2D eigenvalue weighted by molar-refractivity contribution is 6.11. The van der Waals surface area contributed by atoms with E-state index in [-0.39, 0.29) is 65.3 Å². The van der Waals surface area contributed by atoms with Crippen molar-refractivity contribution in [3.63, 3.8) is 0 Å². The molecule has 8 fully saturated rings. The molecule has 7 heterocycles. The van der Waals surface area contributed by atoms with Gasteiger partial charge in [-0.15, -0.1) is 0 Å². The van der Waals surface area contributed by atoms with Crippen LogP contribution >= 0.6 is 0 Å². The summed E-state index contributed by atoms with van der Waals surface area (Å²) in [4.78, 5) is 61.7. The van der Waals surface area contributed by atoms with Crippen molar-refractivity contribution in [1.29, 1.82) is 0 Å². The number of ketones is 2. The number of rotatable bonds is 15. The second-order valence-electron chi connectivity index (χ2n) is 26.0. The first-order chi connectivity index (χ1) is 38.9. The Hall–Kier alpha value is -5.28. The lowest BCUT2D eigenvalue weighted by molar-refractivity contribution is -0.373. The van der Waals surface area contributed by atoms with E-state index in [1.165, 1.54) is 29.8 Å². The standard InChI is InChI=1S/C64H84N4O14/c1-36(2)18-17-27-62(10)28-26-42-52(80-62)41(24-19-37(3)4)54-46(53(42)78-58(74)39-20-22-40(23-21-39)76-59-51(71)50(70)55-44(77-59)35-75-61(8,9)79-55)49(69)47-48(65-67-30-13-11-14-31-67)43-34-45-60(6,7)82-63(56(43)72,64(45,47)81-54)29-25-38(5)57(73)66-68-32-15-12-16-33-68/h18-23,25-26,28,43-45,47-48,50-51,55,59,65,70-71H,11-17,24,27,29-35H2,1-10H3,(H,66,73)/t43?,44-,45?,47?,48?,50+,51-,55-,59-,62?,63?,64?/m1/s1. The SMILES string of the molecule is CC(C)=CCCC1(C)C=Cc2c(c(CC=C(C)C)c3c(c2OC(=O)c2ccc(O[C@@H]4O[C@@H]5COC(C)(C)O[C@H]5[C@@H](O)[C@H]4O)cc2)C(=O)C2C(NN4CCCCC4)C4CC5C(C)(C)OC(CC=C(C)C(=O)NN6CCCCC6)(C4=O)C25O3)O1. The van der Waals surface area contributed by atoms with E-state index >= 15 is 9.59 Å². The Labute approximate surface area is 481 Å². The molecule has 5 saturated heterocycles. The van der Waals surface area contributed by atoms with Gasteiger partial charge in [0.1, 0.15) is 52.8 Å². The Morgan fingerprint density at radius 3 is 2.20 bits per heavy atom. The fourth-order valence-electron chi connectivity index (χ4n) is 14.4. The molecule has 12 atom stereocenters. The molecule has 4 N–H and O–H groups in total. The van der Waals surface area contributed by atoms with Crippen molar-refractivity contribution in [3.8, 4) is 23.0 Å². The Morgan fingerprint density at radius 1 is 0.829 bits per heavy atom. The summed E-state index contributed by atoms with van der Waals surface area (Å²) in [7, 11) is 0. The molecule has 1 amide bonds. The molecule has 2 aromatic carbocycles. The molecule has 7 aliphatic heterocycles. The van der Waals surface area contributed by atoms with Gasteiger partial charge in [-0.2, -0.15) is 0 Å². The molecule has 18 nitrogen and oxygen atoms in total. The molecule has 10 aliphatic rings. The minimum Gasteiger partial charge on any atom is -0.482 e. The third kappa shape index (κ3) is 10.5. The summed E-state index contributed by atoms with van der Waals surface area (Å²) in [5, 5.41) is 26.3. The zero-order valence-electron chi connectivity index (χ0n) is 49.4. The fourth-order valence-corrected chi connectivity index (χ4v) is 14.4. The maximum atomic E-state index is 16.8. The summed E-state index contributed by atoms with van der Waals surface area (Å²) < 4.78 is 52.8. The number of piperidine rings is 2. The van der Waals surface area contributed by atoms with Gasteiger partial charge in [0.05, 0.1) is 29.3 Å². The molecule has 0 radical (unpaired) electrons. The number of esters is 1. The maximum Gasteiger partial charge on any atom is 0.343 e. The topological polar surface area (TPSA) is 213 Å². The van der Waals surface area contributed by atoms with Gasteiger partial charge < -0.3 is 48.1 Å². The average molecular weight is 1130 g/mol. The van der Waals surface area contributed by atoms with Gasteiger partial charge in [-0.3, -0.25) is 25.2 Å². The number of fused-ring (bicyclic) bond motifs is 3. The molecule has 0 aromatic heterocycles. The second kappa shape index (κ2) is 22.3. The first kappa shape index (κ1) is 58.5. The Bertz CT molecular complexity index is 2960. The molecule has 3 aliphatic carbocycles.